The van der Waals surface area contributed by atoms with Gasteiger partial charge >= 0.3 is 0 Å². The molecule has 14 heavy (non-hydrogen) atoms. The fourth-order valence-electron chi connectivity index (χ4n) is 1.23. The molecular weight excluding hydrogens is 174 g/mol. The fourth-order valence-corrected chi connectivity index (χ4v) is 1.23. The summed E-state index contributed by atoms with van der Waals surface area (Å²) in [6.07, 6.45) is 7.04. The van der Waals surface area contributed by atoms with Crippen molar-refractivity contribution < 1.29 is 4.42 Å². The highest BCUT2D eigenvalue weighted by molar-refractivity contribution is 5.47. The van der Waals surface area contributed by atoms with Crippen molar-refractivity contribution in [1.29, 1.82) is 0 Å². The highest BCUT2D eigenvalue weighted by atomic mass is 16.3. The minimum atomic E-state index is 0.402. The van der Waals surface area contributed by atoms with Gasteiger partial charge in [0, 0.05) is 6.04 Å². The Balaban J connectivity index is 2.43. The first-order valence-corrected chi connectivity index (χ1v) is 5.19. The Morgan fingerprint density at radius 2 is 2.36 bits per heavy atom. The molecule has 0 aliphatic heterocycles. The largest absolute Gasteiger partial charge is 0.465 e. The van der Waals surface area contributed by atoms with E-state index in [9.17, 15) is 0 Å². The molecule has 2 nitrogen and oxygen atoms in total. The Hall–Kier alpha value is -1.02. The van der Waals surface area contributed by atoms with Crippen LogP contribution in [0.4, 0.5) is 0 Å². The van der Waals surface area contributed by atoms with Gasteiger partial charge in [-0.1, -0.05) is 13.0 Å². The van der Waals surface area contributed by atoms with E-state index in [-0.39, 0.29) is 0 Å². The zero-order valence-electron chi connectivity index (χ0n) is 9.21. The van der Waals surface area contributed by atoms with Crippen LogP contribution in [0.2, 0.25) is 0 Å². The normalized spacial score (nSPS) is 13.6. The van der Waals surface area contributed by atoms with E-state index in [4.69, 9.17) is 4.42 Å². The average molecular weight is 193 g/mol. The summed E-state index contributed by atoms with van der Waals surface area (Å²) in [5.41, 5.74) is 1.18. The van der Waals surface area contributed by atoms with E-state index in [0.717, 1.165) is 18.7 Å². The molecule has 0 fully saturated rings. The van der Waals surface area contributed by atoms with Crippen LogP contribution in [-0.4, -0.2) is 12.6 Å². The highest BCUT2D eigenvalue weighted by Gasteiger charge is 1.98. The summed E-state index contributed by atoms with van der Waals surface area (Å²) in [6, 6.07) is 2.38. The van der Waals surface area contributed by atoms with Crippen LogP contribution >= 0.6 is 0 Å². The van der Waals surface area contributed by atoms with Gasteiger partial charge in [-0.2, -0.15) is 0 Å². The van der Waals surface area contributed by atoms with Crippen LogP contribution in [0.3, 0.4) is 0 Å². The van der Waals surface area contributed by atoms with Crippen molar-refractivity contribution in [2.75, 3.05) is 6.54 Å². The molecule has 0 aliphatic rings. The van der Waals surface area contributed by atoms with Gasteiger partial charge in [0.2, 0.25) is 0 Å². The van der Waals surface area contributed by atoms with E-state index in [0.29, 0.717) is 6.04 Å². The zero-order chi connectivity index (χ0) is 10.4. The molecule has 0 spiro atoms. The number of aryl methyl sites for hydroxylation is 1. The van der Waals surface area contributed by atoms with Gasteiger partial charge in [0.15, 0.2) is 0 Å². The van der Waals surface area contributed by atoms with Crippen molar-refractivity contribution in [1.82, 2.24) is 5.32 Å². The van der Waals surface area contributed by atoms with Gasteiger partial charge in [0.1, 0.15) is 5.76 Å². The van der Waals surface area contributed by atoms with Crippen LogP contribution in [0.5, 0.6) is 0 Å². The zero-order valence-corrected chi connectivity index (χ0v) is 9.21. The molecule has 1 rings (SSSR count). The van der Waals surface area contributed by atoms with Crippen LogP contribution in [0.15, 0.2) is 22.8 Å². The molecule has 2 heteroatoms. The van der Waals surface area contributed by atoms with E-state index in [1.165, 1.54) is 5.56 Å². The summed E-state index contributed by atoms with van der Waals surface area (Å²) in [7, 11) is 0. The summed E-state index contributed by atoms with van der Waals surface area (Å²) in [5.74, 6) is 0.954. The van der Waals surface area contributed by atoms with Crippen molar-refractivity contribution in [3.05, 3.63) is 29.7 Å². The average Bonchev–Trinajstić information content (AvgIpc) is 2.58. The molecule has 78 valence electrons. The molecule has 1 heterocycles. The van der Waals surface area contributed by atoms with Crippen LogP contribution < -0.4 is 5.32 Å². The van der Waals surface area contributed by atoms with Gasteiger partial charge in [-0.3, -0.25) is 0 Å². The molecule has 1 N–H and O–H groups in total. The Morgan fingerprint density at radius 3 is 2.93 bits per heavy atom. The lowest BCUT2D eigenvalue weighted by Crippen LogP contribution is -2.24. The second-order valence-electron chi connectivity index (χ2n) is 3.57. The summed E-state index contributed by atoms with van der Waals surface area (Å²) >= 11 is 0. The summed E-state index contributed by atoms with van der Waals surface area (Å²) < 4.78 is 5.30. The molecule has 0 aromatic carbocycles. The summed E-state index contributed by atoms with van der Waals surface area (Å²) in [5, 5.41) is 3.39. The van der Waals surface area contributed by atoms with Gasteiger partial charge < -0.3 is 9.73 Å². The third-order valence-electron chi connectivity index (χ3n) is 2.15. The first-order chi connectivity index (χ1) is 6.74. The minimum absolute atomic E-state index is 0.402. The fraction of sp³-hybridized carbons (Fsp3) is 0.500. The first-order valence-electron chi connectivity index (χ1n) is 5.19. The first kappa shape index (κ1) is 11.1. The van der Waals surface area contributed by atoms with Crippen LogP contribution in [0.25, 0.3) is 6.08 Å². The topological polar surface area (TPSA) is 25.2 Å². The molecule has 0 bridgehead atoms. The number of nitrogens with one attached hydrogen (secondary N) is 1. The van der Waals surface area contributed by atoms with Crippen molar-refractivity contribution >= 4 is 6.08 Å². The van der Waals surface area contributed by atoms with Gasteiger partial charge in [-0.05, 0) is 44.5 Å². The second-order valence-corrected chi connectivity index (χ2v) is 3.57. The van der Waals surface area contributed by atoms with E-state index in [1.54, 1.807) is 6.26 Å². The van der Waals surface area contributed by atoms with Crippen molar-refractivity contribution in [3.63, 3.8) is 0 Å². The maximum absolute atomic E-state index is 5.30. The van der Waals surface area contributed by atoms with Crippen molar-refractivity contribution in [3.8, 4) is 0 Å². The predicted molar refractivity (Wildman–Crippen MR) is 60.2 cm³/mol. The lowest BCUT2D eigenvalue weighted by Gasteiger charge is -2.06. The molecule has 0 aliphatic carbocycles. The number of hydrogen-bond donors (Lipinski definition) is 1. The molecule has 1 aromatic heterocycles. The van der Waals surface area contributed by atoms with Gasteiger partial charge in [-0.25, -0.2) is 0 Å². The highest BCUT2D eigenvalue weighted by Crippen LogP contribution is 2.10. The number of hydrogen-bond acceptors (Lipinski definition) is 2. The van der Waals surface area contributed by atoms with E-state index in [1.807, 2.05) is 19.1 Å². The van der Waals surface area contributed by atoms with Gasteiger partial charge in [0.05, 0.1) is 6.26 Å². The maximum atomic E-state index is 5.30. The third kappa shape index (κ3) is 3.38. The quantitative estimate of drug-likeness (QED) is 0.777. The Morgan fingerprint density at radius 1 is 1.57 bits per heavy atom. The molecule has 0 saturated carbocycles. The lowest BCUT2D eigenvalue weighted by atomic mass is 10.2. The second kappa shape index (κ2) is 5.66. The smallest absolute Gasteiger partial charge is 0.129 e. The number of furan rings is 1. The van der Waals surface area contributed by atoms with Crippen LogP contribution in [0.1, 0.15) is 31.6 Å². The van der Waals surface area contributed by atoms with E-state index in [2.05, 4.69) is 25.2 Å². The SMILES string of the molecule is CCCNC(C)/C=C/c1occc1C. The lowest BCUT2D eigenvalue weighted by molar-refractivity contribution is 0.553. The summed E-state index contributed by atoms with van der Waals surface area (Å²) in [6.45, 7) is 7.42. The van der Waals surface area contributed by atoms with E-state index < -0.39 is 0 Å². The molecule has 0 amide bonds. The molecule has 1 unspecified atom stereocenters. The third-order valence-corrected chi connectivity index (χ3v) is 2.15. The Bertz CT molecular complexity index is 288. The van der Waals surface area contributed by atoms with Crippen molar-refractivity contribution in [2.45, 2.75) is 33.2 Å². The monoisotopic (exact) mass is 193 g/mol. The molecular formula is C12H19NO. The minimum Gasteiger partial charge on any atom is -0.465 e. The standard InChI is InChI=1S/C12H19NO/c1-4-8-13-11(3)5-6-12-10(2)7-9-14-12/h5-7,9,11,13H,4,8H2,1-3H3/b6-5+. The Kier molecular flexibility index (Phi) is 4.47. The maximum Gasteiger partial charge on any atom is 0.129 e. The molecule has 1 aromatic rings. The molecule has 0 saturated heterocycles. The van der Waals surface area contributed by atoms with Gasteiger partial charge in [0.25, 0.3) is 0 Å². The van der Waals surface area contributed by atoms with Gasteiger partial charge in [-0.15, -0.1) is 0 Å². The molecule has 1 atom stereocenters. The van der Waals surface area contributed by atoms with Crippen molar-refractivity contribution in [2.24, 2.45) is 0 Å². The summed E-state index contributed by atoms with van der Waals surface area (Å²) in [4.78, 5) is 0. The number of rotatable bonds is 5. The van der Waals surface area contributed by atoms with E-state index >= 15 is 0 Å². The Labute approximate surface area is 86.0 Å². The molecule has 0 radical (unpaired) electrons. The predicted octanol–water partition coefficient (Wildman–Crippen LogP) is 2.99. The van der Waals surface area contributed by atoms with Crippen LogP contribution in [-0.2, 0) is 0 Å². The van der Waals surface area contributed by atoms with Crippen LogP contribution in [0, 0.1) is 6.92 Å².